The maximum Gasteiger partial charge on any atom is 0.274 e. The first-order valence-electron chi connectivity index (χ1n) is 10.1. The van der Waals surface area contributed by atoms with E-state index in [2.05, 4.69) is 58.0 Å². The average molecular weight is 382 g/mol. The molecule has 0 bridgehead atoms. The Bertz CT molecular complexity index is 810. The fourth-order valence-electron chi connectivity index (χ4n) is 3.56. The lowest BCUT2D eigenvalue weighted by Gasteiger charge is -2.34. The zero-order valence-electron chi connectivity index (χ0n) is 17.4. The van der Waals surface area contributed by atoms with E-state index in [-0.39, 0.29) is 5.91 Å². The molecule has 1 aliphatic rings. The summed E-state index contributed by atoms with van der Waals surface area (Å²) in [6.45, 7) is 12.2. The molecule has 2 heterocycles. The number of nitrogens with zero attached hydrogens (tertiary/aromatic N) is 4. The number of carbonyl (C=O) groups excluding carboxylic acids is 1. The first-order chi connectivity index (χ1) is 13.5. The van der Waals surface area contributed by atoms with Gasteiger partial charge in [0.15, 0.2) is 0 Å². The van der Waals surface area contributed by atoms with Crippen LogP contribution < -0.4 is 15.1 Å². The normalized spacial score (nSPS) is 14.8. The Morgan fingerprint density at radius 1 is 1.11 bits per heavy atom. The van der Waals surface area contributed by atoms with Crippen molar-refractivity contribution >= 4 is 23.0 Å². The summed E-state index contributed by atoms with van der Waals surface area (Å²) in [4.78, 5) is 24.0. The van der Waals surface area contributed by atoms with E-state index < -0.39 is 0 Å². The predicted molar refractivity (Wildman–Crippen MR) is 117 cm³/mol. The zero-order chi connectivity index (χ0) is 20.1. The number of nitrogens with one attached hydrogen (secondary N) is 1. The summed E-state index contributed by atoms with van der Waals surface area (Å²) in [5.41, 5.74) is 4.56. The fourth-order valence-corrected chi connectivity index (χ4v) is 3.56. The van der Waals surface area contributed by atoms with E-state index in [1.807, 2.05) is 25.1 Å². The molecule has 0 aliphatic carbocycles. The number of anilines is 3. The summed E-state index contributed by atoms with van der Waals surface area (Å²) in [6, 6.07) is 10.0. The number of benzene rings is 1. The van der Waals surface area contributed by atoms with Crippen molar-refractivity contribution in [1.82, 2.24) is 9.88 Å². The van der Waals surface area contributed by atoms with E-state index in [4.69, 9.17) is 0 Å². The number of carbonyl (C=O) groups is 1. The highest BCUT2D eigenvalue weighted by Crippen LogP contribution is 2.23. The second-order valence-corrected chi connectivity index (χ2v) is 7.32. The third kappa shape index (κ3) is 4.62. The molecule has 1 aromatic heterocycles. The molecule has 1 saturated heterocycles. The molecule has 1 aromatic carbocycles. The average Bonchev–Trinajstić information content (AvgIpc) is 2.71. The lowest BCUT2D eigenvalue weighted by atomic mass is 10.1. The highest BCUT2D eigenvalue weighted by Gasteiger charge is 2.17. The van der Waals surface area contributed by atoms with Crippen LogP contribution in [-0.4, -0.2) is 62.1 Å². The van der Waals surface area contributed by atoms with Crippen molar-refractivity contribution in [2.24, 2.45) is 0 Å². The summed E-state index contributed by atoms with van der Waals surface area (Å²) in [5, 5.41) is 3.02. The van der Waals surface area contributed by atoms with Gasteiger partial charge in [-0.15, -0.1) is 0 Å². The highest BCUT2D eigenvalue weighted by molar-refractivity contribution is 6.03. The topological polar surface area (TPSA) is 51.7 Å². The number of amides is 1. The molecule has 1 N–H and O–H groups in total. The molecule has 0 atom stereocenters. The van der Waals surface area contributed by atoms with Crippen LogP contribution in [0.15, 0.2) is 36.5 Å². The molecule has 1 amide bonds. The van der Waals surface area contributed by atoms with Crippen molar-refractivity contribution < 1.29 is 4.79 Å². The lowest BCUT2D eigenvalue weighted by Crippen LogP contribution is -2.44. The second kappa shape index (κ2) is 9.06. The molecule has 0 radical (unpaired) electrons. The van der Waals surface area contributed by atoms with Crippen LogP contribution in [0.1, 0.15) is 29.9 Å². The van der Waals surface area contributed by atoms with E-state index >= 15 is 0 Å². The number of likely N-dealkylation sites (N-methyl/N-ethyl adjacent to an activating group) is 1. The SMILES string of the molecule is CCN(CC)c1ccc(NC(=O)c2cc(N3CCN(C)CC3)ccn2)c(C)c1. The minimum atomic E-state index is -0.172. The molecule has 150 valence electrons. The maximum atomic E-state index is 12.8. The van der Waals surface area contributed by atoms with Crippen molar-refractivity contribution in [2.45, 2.75) is 20.8 Å². The van der Waals surface area contributed by atoms with Crippen LogP contribution in [0.2, 0.25) is 0 Å². The summed E-state index contributed by atoms with van der Waals surface area (Å²) >= 11 is 0. The number of pyridine rings is 1. The standard InChI is InChI=1S/C22H31N5O/c1-5-26(6-2)18-7-8-20(17(3)15-18)24-22(28)21-16-19(9-10-23-21)27-13-11-25(4)12-14-27/h7-10,15-16H,5-6,11-14H2,1-4H3,(H,24,28). The Hall–Kier alpha value is -2.60. The van der Waals surface area contributed by atoms with Crippen molar-refractivity contribution in [3.05, 3.63) is 47.8 Å². The summed E-state index contributed by atoms with van der Waals surface area (Å²) in [6.07, 6.45) is 1.72. The molecule has 3 rings (SSSR count). The molecular formula is C22H31N5O. The molecular weight excluding hydrogens is 350 g/mol. The molecule has 2 aromatic rings. The molecule has 6 heteroatoms. The lowest BCUT2D eigenvalue weighted by molar-refractivity contribution is 0.102. The van der Waals surface area contributed by atoms with Crippen molar-refractivity contribution in [2.75, 3.05) is 61.4 Å². The number of hydrogen-bond acceptors (Lipinski definition) is 5. The van der Waals surface area contributed by atoms with E-state index in [1.165, 1.54) is 5.69 Å². The molecule has 6 nitrogen and oxygen atoms in total. The van der Waals surface area contributed by atoms with Gasteiger partial charge in [0.05, 0.1) is 0 Å². The van der Waals surface area contributed by atoms with Crippen molar-refractivity contribution in [3.8, 4) is 0 Å². The van der Waals surface area contributed by atoms with E-state index in [9.17, 15) is 4.79 Å². The van der Waals surface area contributed by atoms with Gasteiger partial charge in [-0.2, -0.15) is 0 Å². The van der Waals surface area contributed by atoms with Gasteiger partial charge < -0.3 is 20.0 Å². The van der Waals surface area contributed by atoms with E-state index in [0.29, 0.717) is 5.69 Å². The van der Waals surface area contributed by atoms with Crippen LogP contribution in [0.4, 0.5) is 17.1 Å². The Labute approximate surface area is 168 Å². The van der Waals surface area contributed by atoms with Crippen molar-refractivity contribution in [3.63, 3.8) is 0 Å². The Kier molecular flexibility index (Phi) is 6.52. The van der Waals surface area contributed by atoms with Gasteiger partial charge in [0.25, 0.3) is 5.91 Å². The molecule has 28 heavy (non-hydrogen) atoms. The summed E-state index contributed by atoms with van der Waals surface area (Å²) < 4.78 is 0. The summed E-state index contributed by atoms with van der Waals surface area (Å²) in [7, 11) is 2.14. The molecule has 1 aliphatic heterocycles. The predicted octanol–water partition coefficient (Wildman–Crippen LogP) is 3.24. The second-order valence-electron chi connectivity index (χ2n) is 7.32. The highest BCUT2D eigenvalue weighted by atomic mass is 16.1. The van der Waals surface area contributed by atoms with Crippen molar-refractivity contribution in [1.29, 1.82) is 0 Å². The molecule has 0 saturated carbocycles. The quantitative estimate of drug-likeness (QED) is 0.832. The van der Waals surface area contributed by atoms with Gasteiger partial charge in [0.1, 0.15) is 5.69 Å². The molecule has 0 unspecified atom stereocenters. The minimum absolute atomic E-state index is 0.172. The van der Waals surface area contributed by atoms with Crippen LogP contribution in [0, 0.1) is 6.92 Å². The van der Waals surface area contributed by atoms with Crippen LogP contribution in [-0.2, 0) is 0 Å². The summed E-state index contributed by atoms with van der Waals surface area (Å²) in [5.74, 6) is -0.172. The van der Waals surface area contributed by atoms with Gasteiger partial charge in [-0.3, -0.25) is 9.78 Å². The van der Waals surface area contributed by atoms with Gasteiger partial charge in [-0.05, 0) is 63.7 Å². The third-order valence-corrected chi connectivity index (χ3v) is 5.43. The Morgan fingerprint density at radius 2 is 1.82 bits per heavy atom. The van der Waals surface area contributed by atoms with Crippen LogP contribution in [0.3, 0.4) is 0 Å². The molecule has 0 spiro atoms. The van der Waals surface area contributed by atoms with Gasteiger partial charge in [0.2, 0.25) is 0 Å². The first kappa shape index (κ1) is 20.1. The smallest absolute Gasteiger partial charge is 0.274 e. The Morgan fingerprint density at radius 3 is 2.46 bits per heavy atom. The van der Waals surface area contributed by atoms with Gasteiger partial charge in [-0.25, -0.2) is 0 Å². The first-order valence-corrected chi connectivity index (χ1v) is 10.1. The number of aromatic nitrogens is 1. The number of hydrogen-bond donors (Lipinski definition) is 1. The monoisotopic (exact) mass is 381 g/mol. The van der Waals surface area contributed by atoms with Crippen LogP contribution >= 0.6 is 0 Å². The van der Waals surface area contributed by atoms with Gasteiger partial charge in [-0.1, -0.05) is 0 Å². The number of aryl methyl sites for hydroxylation is 1. The minimum Gasteiger partial charge on any atom is -0.372 e. The number of piperazine rings is 1. The third-order valence-electron chi connectivity index (χ3n) is 5.43. The molecule has 1 fully saturated rings. The fraction of sp³-hybridized carbons (Fsp3) is 0.455. The van der Waals surface area contributed by atoms with Crippen LogP contribution in [0.25, 0.3) is 0 Å². The largest absolute Gasteiger partial charge is 0.372 e. The number of rotatable bonds is 6. The van der Waals surface area contributed by atoms with Gasteiger partial charge in [0, 0.05) is 62.5 Å². The Balaban J connectivity index is 1.72. The van der Waals surface area contributed by atoms with Crippen LogP contribution in [0.5, 0.6) is 0 Å². The van der Waals surface area contributed by atoms with E-state index in [1.54, 1.807) is 6.20 Å². The van der Waals surface area contributed by atoms with E-state index in [0.717, 1.165) is 56.2 Å². The van der Waals surface area contributed by atoms with Gasteiger partial charge >= 0.3 is 0 Å². The zero-order valence-corrected chi connectivity index (χ0v) is 17.4. The maximum absolute atomic E-state index is 12.8.